The highest BCUT2D eigenvalue weighted by Gasteiger charge is 2.19. The van der Waals surface area contributed by atoms with Crippen molar-refractivity contribution in [3.05, 3.63) is 78.6 Å². The van der Waals surface area contributed by atoms with E-state index in [9.17, 15) is 4.79 Å². The van der Waals surface area contributed by atoms with Crippen LogP contribution in [0.2, 0.25) is 0 Å². The Kier molecular flexibility index (Phi) is 5.73. The van der Waals surface area contributed by atoms with Crippen LogP contribution in [0.15, 0.2) is 73.1 Å². The molecule has 0 bridgehead atoms. The van der Waals surface area contributed by atoms with Crippen molar-refractivity contribution in [2.75, 3.05) is 24.3 Å². The number of nitrogens with two attached hydrogens (primary N) is 1. The lowest BCUT2D eigenvalue weighted by Crippen LogP contribution is -2.16. The zero-order valence-corrected chi connectivity index (χ0v) is 17.7. The van der Waals surface area contributed by atoms with Gasteiger partial charge in [-0.1, -0.05) is 6.07 Å². The molecular weight excluding hydrogens is 420 g/mol. The fourth-order valence-electron chi connectivity index (χ4n) is 3.57. The second-order valence-corrected chi connectivity index (χ2v) is 7.62. The molecule has 33 heavy (non-hydrogen) atoms. The number of nitrogens with zero attached hydrogens (tertiary/aromatic N) is 2. The van der Waals surface area contributed by atoms with E-state index in [1.54, 1.807) is 60.9 Å². The second kappa shape index (κ2) is 9.13. The standard InChI is InChI=1S/C25H22N4O4/c26-20-13-19-21(14-23(20)33-18-9-12-31-15-18)27-11-8-22(19)32-17-6-4-16(5-7-17)25(30)29-24-3-1-2-10-28-24/h1-8,10-11,13-14,18H,9,12,15,26H2,(H,28,29,30). The number of anilines is 2. The summed E-state index contributed by atoms with van der Waals surface area (Å²) in [7, 11) is 0. The van der Waals surface area contributed by atoms with Gasteiger partial charge in [-0.2, -0.15) is 0 Å². The molecular formula is C25H22N4O4. The Hall–Kier alpha value is -4.17. The first-order valence-corrected chi connectivity index (χ1v) is 10.6. The highest BCUT2D eigenvalue weighted by molar-refractivity contribution is 6.03. The molecule has 8 nitrogen and oxygen atoms in total. The van der Waals surface area contributed by atoms with Crippen LogP contribution < -0.4 is 20.5 Å². The third kappa shape index (κ3) is 4.70. The van der Waals surface area contributed by atoms with Gasteiger partial charge in [-0.25, -0.2) is 4.98 Å². The molecule has 0 spiro atoms. The average Bonchev–Trinajstić information content (AvgIpc) is 3.34. The van der Waals surface area contributed by atoms with Gasteiger partial charge in [0.1, 0.15) is 29.2 Å². The molecule has 1 atom stereocenters. The quantitative estimate of drug-likeness (QED) is 0.425. The first kappa shape index (κ1) is 20.7. The Balaban J connectivity index is 1.33. The van der Waals surface area contributed by atoms with Crippen molar-refractivity contribution in [3.8, 4) is 17.2 Å². The molecule has 0 radical (unpaired) electrons. The lowest BCUT2D eigenvalue weighted by atomic mass is 10.1. The van der Waals surface area contributed by atoms with E-state index >= 15 is 0 Å². The first-order chi connectivity index (χ1) is 16.2. The van der Waals surface area contributed by atoms with Gasteiger partial charge < -0.3 is 25.3 Å². The van der Waals surface area contributed by atoms with Crippen molar-refractivity contribution in [2.24, 2.45) is 0 Å². The molecule has 1 aliphatic rings. The van der Waals surface area contributed by atoms with Gasteiger partial charge in [-0.05, 0) is 48.5 Å². The minimum absolute atomic E-state index is 0.00225. The summed E-state index contributed by atoms with van der Waals surface area (Å²) in [6.45, 7) is 1.25. The van der Waals surface area contributed by atoms with Gasteiger partial charge in [0, 0.05) is 35.8 Å². The van der Waals surface area contributed by atoms with Crippen LogP contribution in [0.3, 0.4) is 0 Å². The van der Waals surface area contributed by atoms with Crippen LogP contribution in [0, 0.1) is 0 Å². The van der Waals surface area contributed by atoms with Crippen molar-refractivity contribution in [2.45, 2.75) is 12.5 Å². The van der Waals surface area contributed by atoms with Crippen molar-refractivity contribution in [1.82, 2.24) is 9.97 Å². The van der Waals surface area contributed by atoms with Crippen LogP contribution in [-0.4, -0.2) is 35.2 Å². The van der Waals surface area contributed by atoms with Crippen LogP contribution >= 0.6 is 0 Å². The minimum atomic E-state index is -0.248. The van der Waals surface area contributed by atoms with Crippen LogP contribution in [0.25, 0.3) is 10.9 Å². The van der Waals surface area contributed by atoms with E-state index in [-0.39, 0.29) is 12.0 Å². The summed E-state index contributed by atoms with van der Waals surface area (Å²) in [4.78, 5) is 20.9. The number of fused-ring (bicyclic) bond motifs is 1. The number of rotatable bonds is 6. The van der Waals surface area contributed by atoms with E-state index in [1.165, 1.54) is 0 Å². The van der Waals surface area contributed by atoms with E-state index in [1.807, 2.05) is 12.1 Å². The summed E-state index contributed by atoms with van der Waals surface area (Å²) in [6, 6.07) is 17.6. The molecule has 1 aliphatic heterocycles. The Labute approximate surface area is 190 Å². The van der Waals surface area contributed by atoms with E-state index in [2.05, 4.69) is 15.3 Å². The largest absolute Gasteiger partial charge is 0.486 e. The predicted molar refractivity (Wildman–Crippen MR) is 125 cm³/mol. The van der Waals surface area contributed by atoms with Crippen molar-refractivity contribution >= 4 is 28.3 Å². The van der Waals surface area contributed by atoms with Gasteiger partial charge in [-0.3, -0.25) is 9.78 Å². The highest BCUT2D eigenvalue weighted by atomic mass is 16.5. The molecule has 1 unspecified atom stereocenters. The van der Waals surface area contributed by atoms with Crippen LogP contribution in [0.5, 0.6) is 17.2 Å². The fourth-order valence-corrected chi connectivity index (χ4v) is 3.57. The molecule has 2 aromatic heterocycles. The molecule has 3 N–H and O–H groups in total. The number of hydrogen-bond donors (Lipinski definition) is 2. The van der Waals surface area contributed by atoms with Crippen molar-refractivity contribution in [3.63, 3.8) is 0 Å². The highest BCUT2D eigenvalue weighted by Crippen LogP contribution is 2.35. The van der Waals surface area contributed by atoms with Gasteiger partial charge in [0.25, 0.3) is 5.91 Å². The van der Waals surface area contributed by atoms with Gasteiger partial charge in [0.05, 0.1) is 24.4 Å². The number of nitrogens with one attached hydrogen (secondary N) is 1. The molecule has 2 aromatic carbocycles. The summed E-state index contributed by atoms with van der Waals surface area (Å²) in [5, 5.41) is 3.52. The summed E-state index contributed by atoms with van der Waals surface area (Å²) in [5.74, 6) is 2.02. The van der Waals surface area contributed by atoms with Gasteiger partial charge in [-0.15, -0.1) is 0 Å². The Morgan fingerprint density at radius 2 is 1.91 bits per heavy atom. The number of ether oxygens (including phenoxy) is 3. The number of carbonyl (C=O) groups is 1. The number of nitrogen functional groups attached to an aromatic ring is 1. The van der Waals surface area contributed by atoms with Crippen molar-refractivity contribution in [1.29, 1.82) is 0 Å². The fraction of sp³-hybridized carbons (Fsp3) is 0.160. The monoisotopic (exact) mass is 442 g/mol. The molecule has 3 heterocycles. The second-order valence-electron chi connectivity index (χ2n) is 7.62. The third-order valence-electron chi connectivity index (χ3n) is 5.27. The summed E-state index contributed by atoms with van der Waals surface area (Å²) in [6.07, 6.45) is 4.13. The zero-order valence-electron chi connectivity index (χ0n) is 17.7. The molecule has 166 valence electrons. The number of amides is 1. The lowest BCUT2D eigenvalue weighted by Gasteiger charge is -2.15. The SMILES string of the molecule is Nc1cc2c(Oc3ccc(C(=O)Nc4ccccn4)cc3)ccnc2cc1OC1CCOC1. The van der Waals surface area contributed by atoms with Crippen LogP contribution in [0.1, 0.15) is 16.8 Å². The maximum absolute atomic E-state index is 12.4. The van der Waals surface area contributed by atoms with Gasteiger partial charge in [0.2, 0.25) is 0 Å². The minimum Gasteiger partial charge on any atom is -0.486 e. The van der Waals surface area contributed by atoms with E-state index in [0.717, 1.165) is 11.8 Å². The molecule has 5 rings (SSSR count). The summed E-state index contributed by atoms with van der Waals surface area (Å²) < 4.78 is 17.4. The number of aromatic nitrogens is 2. The van der Waals surface area contributed by atoms with E-state index < -0.39 is 0 Å². The topological polar surface area (TPSA) is 109 Å². The number of benzene rings is 2. The molecule has 0 aliphatic carbocycles. The molecule has 0 saturated carbocycles. The maximum atomic E-state index is 12.4. The Morgan fingerprint density at radius 1 is 1.03 bits per heavy atom. The third-order valence-corrected chi connectivity index (χ3v) is 5.27. The Bertz CT molecular complexity index is 1270. The number of pyridine rings is 2. The normalized spacial score (nSPS) is 15.3. The molecule has 4 aromatic rings. The first-order valence-electron chi connectivity index (χ1n) is 10.6. The molecule has 1 amide bonds. The Morgan fingerprint density at radius 3 is 2.67 bits per heavy atom. The van der Waals surface area contributed by atoms with E-state index in [4.69, 9.17) is 19.9 Å². The molecule has 8 heteroatoms. The molecule has 1 saturated heterocycles. The lowest BCUT2D eigenvalue weighted by molar-refractivity contribution is 0.102. The zero-order chi connectivity index (χ0) is 22.6. The van der Waals surface area contributed by atoms with Gasteiger partial charge in [0.15, 0.2) is 0 Å². The van der Waals surface area contributed by atoms with E-state index in [0.29, 0.717) is 53.0 Å². The average molecular weight is 442 g/mol. The smallest absolute Gasteiger partial charge is 0.256 e. The van der Waals surface area contributed by atoms with Crippen LogP contribution in [-0.2, 0) is 4.74 Å². The predicted octanol–water partition coefficient (Wildman–Crippen LogP) is 4.42. The number of hydrogen-bond acceptors (Lipinski definition) is 7. The summed E-state index contributed by atoms with van der Waals surface area (Å²) in [5.41, 5.74) is 7.96. The number of carbonyl (C=O) groups excluding carboxylic acids is 1. The molecule has 1 fully saturated rings. The van der Waals surface area contributed by atoms with Crippen molar-refractivity contribution < 1.29 is 19.0 Å². The maximum Gasteiger partial charge on any atom is 0.256 e. The summed E-state index contributed by atoms with van der Waals surface area (Å²) >= 11 is 0. The van der Waals surface area contributed by atoms with Gasteiger partial charge >= 0.3 is 0 Å². The van der Waals surface area contributed by atoms with Crippen LogP contribution in [0.4, 0.5) is 11.5 Å².